The first-order valence-corrected chi connectivity index (χ1v) is 19.3. The summed E-state index contributed by atoms with van der Waals surface area (Å²) < 4.78 is 16.8. The first kappa shape index (κ1) is 47.3. The largest absolute Gasteiger partial charge is 0.481 e. The van der Waals surface area contributed by atoms with Crippen LogP contribution in [0.25, 0.3) is 0 Å². The molecule has 0 saturated carbocycles. The summed E-state index contributed by atoms with van der Waals surface area (Å²) in [6.07, 6.45) is 13.5. The molecule has 1 aromatic rings. The number of aliphatic hydroxyl groups excluding tert-OH is 1. The molecule has 0 unspecified atom stereocenters. The lowest BCUT2D eigenvalue weighted by atomic mass is 9.82. The summed E-state index contributed by atoms with van der Waals surface area (Å²) >= 11 is 0. The average molecular weight is 742 g/mol. The summed E-state index contributed by atoms with van der Waals surface area (Å²) in [7, 11) is 0. The van der Waals surface area contributed by atoms with E-state index < -0.39 is 59.6 Å². The zero-order valence-corrected chi connectivity index (χ0v) is 33.7. The van der Waals surface area contributed by atoms with Gasteiger partial charge in [-0.1, -0.05) is 75.7 Å². The van der Waals surface area contributed by atoms with Gasteiger partial charge in [0.2, 0.25) is 5.91 Å². The molecular weight excluding hydrogens is 674 g/mol. The maximum atomic E-state index is 14.1. The number of nitrogens with one attached hydrogen (secondary N) is 1. The maximum absolute atomic E-state index is 14.1. The van der Waals surface area contributed by atoms with Gasteiger partial charge in [0.15, 0.2) is 5.60 Å². The van der Waals surface area contributed by atoms with Crippen molar-refractivity contribution in [3.05, 3.63) is 42.0 Å². The van der Waals surface area contributed by atoms with Gasteiger partial charge in [0, 0.05) is 32.3 Å². The van der Waals surface area contributed by atoms with Gasteiger partial charge >= 0.3 is 11.9 Å². The molecule has 3 atom stereocenters. The molecule has 0 radical (unpaired) electrons. The molecule has 3 N–H and O–H groups in total. The minimum absolute atomic E-state index is 0.0539. The standard InChI is InChI=1S/C43H67NO9/c1-9-11-13-16-19-22-34(46)23-20-17-14-15-18-21-24-36(43(50,29-30-45)40(49)53-42(6,7)8)38(47)44-37(39(48)52-41(3,4)5)32-33-25-27-35(28-26-33)51-31-12-10-2/h21,24-28,36-37,45,50H,9,11,13-20,22-23,29-32H2,1-8H3,(H,44,47)/t36-,37+,43+/m1/s1. The fourth-order valence-electron chi connectivity index (χ4n) is 5.58. The molecule has 0 spiro atoms. The highest BCUT2D eigenvalue weighted by Gasteiger charge is 2.49. The number of amides is 1. The van der Waals surface area contributed by atoms with Gasteiger partial charge in [-0.2, -0.15) is 0 Å². The lowest BCUT2D eigenvalue weighted by Crippen LogP contribution is -2.56. The molecular formula is C43H67NO9. The Balaban J connectivity index is 3.17. The number of unbranched alkanes of at least 4 members (excludes halogenated alkanes) is 8. The van der Waals surface area contributed by atoms with Crippen molar-refractivity contribution in [1.29, 1.82) is 0 Å². The molecule has 10 nitrogen and oxygen atoms in total. The Kier molecular flexibility index (Phi) is 22.0. The number of Topliss-reactive ketones (excluding diaryl/α,β-unsaturated/α-hetero) is 1. The Morgan fingerprint density at radius 1 is 0.849 bits per heavy atom. The van der Waals surface area contributed by atoms with E-state index in [1.54, 1.807) is 78.8 Å². The third-order valence-electron chi connectivity index (χ3n) is 8.37. The number of aliphatic hydroxyl groups is 2. The van der Waals surface area contributed by atoms with E-state index in [2.05, 4.69) is 24.1 Å². The molecule has 1 rings (SSSR count). The third-order valence-corrected chi connectivity index (χ3v) is 8.37. The van der Waals surface area contributed by atoms with Crippen molar-refractivity contribution in [2.24, 2.45) is 5.92 Å². The number of ether oxygens (including phenoxy) is 3. The number of rotatable bonds is 25. The summed E-state index contributed by atoms with van der Waals surface area (Å²) in [5, 5.41) is 24.5. The predicted molar refractivity (Wildman–Crippen MR) is 208 cm³/mol. The second-order valence-electron chi connectivity index (χ2n) is 15.6. The van der Waals surface area contributed by atoms with E-state index in [4.69, 9.17) is 14.2 Å². The number of carbonyl (C=O) groups is 4. The van der Waals surface area contributed by atoms with Crippen LogP contribution in [0.3, 0.4) is 0 Å². The molecule has 0 aromatic heterocycles. The van der Waals surface area contributed by atoms with Gasteiger partial charge in [0.1, 0.15) is 35.4 Å². The molecule has 10 heteroatoms. The van der Waals surface area contributed by atoms with Crippen LogP contribution in [0.2, 0.25) is 0 Å². The van der Waals surface area contributed by atoms with Crippen molar-refractivity contribution >= 4 is 23.6 Å². The number of hydrogen-bond acceptors (Lipinski definition) is 9. The van der Waals surface area contributed by atoms with Gasteiger partial charge in [0.25, 0.3) is 0 Å². The van der Waals surface area contributed by atoms with Gasteiger partial charge < -0.3 is 29.7 Å². The van der Waals surface area contributed by atoms with E-state index in [9.17, 15) is 29.4 Å². The number of esters is 2. The van der Waals surface area contributed by atoms with Crippen LogP contribution in [-0.4, -0.2) is 69.9 Å². The molecule has 1 amide bonds. The van der Waals surface area contributed by atoms with Crippen LogP contribution >= 0.6 is 0 Å². The topological polar surface area (TPSA) is 148 Å². The Bertz CT molecular complexity index is 1340. The van der Waals surface area contributed by atoms with Crippen LogP contribution in [0.5, 0.6) is 5.75 Å². The van der Waals surface area contributed by atoms with E-state index >= 15 is 0 Å². The third kappa shape index (κ3) is 20.4. The molecule has 0 heterocycles. The molecule has 1 aromatic carbocycles. The molecule has 0 aliphatic rings. The summed E-state index contributed by atoms with van der Waals surface area (Å²) in [6.45, 7) is 13.6. The first-order valence-electron chi connectivity index (χ1n) is 19.3. The SMILES string of the molecule is CC#CCOc1ccc(C[C@H](NC(=O)[C@@H](C=CCCCCCCC(=O)CCCCCCC)[C@@](O)(CCO)C(=O)OC(C)(C)C)C(=O)OC(C)(C)C)cc1. The van der Waals surface area contributed by atoms with Crippen LogP contribution in [0.15, 0.2) is 36.4 Å². The van der Waals surface area contributed by atoms with Crippen LogP contribution < -0.4 is 10.1 Å². The summed E-state index contributed by atoms with van der Waals surface area (Å²) in [4.78, 5) is 53.3. The van der Waals surface area contributed by atoms with Gasteiger partial charge in [-0.15, -0.1) is 5.92 Å². The summed E-state index contributed by atoms with van der Waals surface area (Å²) in [6, 6.07) is 5.84. The Morgan fingerprint density at radius 3 is 1.98 bits per heavy atom. The average Bonchev–Trinajstić information content (AvgIpc) is 3.06. The highest BCUT2D eigenvalue weighted by Crippen LogP contribution is 2.29. The minimum Gasteiger partial charge on any atom is -0.481 e. The molecule has 0 aliphatic carbocycles. The lowest BCUT2D eigenvalue weighted by Gasteiger charge is -2.35. The van der Waals surface area contributed by atoms with E-state index in [1.807, 2.05) is 0 Å². The van der Waals surface area contributed by atoms with Crippen LogP contribution in [0.1, 0.15) is 144 Å². The van der Waals surface area contributed by atoms with E-state index in [0.717, 1.165) is 38.5 Å². The summed E-state index contributed by atoms with van der Waals surface area (Å²) in [5.74, 6) is 2.45. The molecule has 0 aliphatic heterocycles. The van der Waals surface area contributed by atoms with Gasteiger partial charge in [0.05, 0.1) is 5.92 Å². The number of benzene rings is 1. The first-order chi connectivity index (χ1) is 25.0. The lowest BCUT2D eigenvalue weighted by molar-refractivity contribution is -0.185. The highest BCUT2D eigenvalue weighted by molar-refractivity contribution is 5.93. The molecule has 0 fully saturated rings. The van der Waals surface area contributed by atoms with Crippen molar-refractivity contribution in [3.8, 4) is 17.6 Å². The van der Waals surface area contributed by atoms with E-state index in [-0.39, 0.29) is 13.0 Å². The zero-order chi connectivity index (χ0) is 39.9. The highest BCUT2D eigenvalue weighted by atomic mass is 16.6. The number of allylic oxidation sites excluding steroid dienone is 1. The van der Waals surface area contributed by atoms with Crippen LogP contribution in [-0.2, 0) is 35.1 Å². The van der Waals surface area contributed by atoms with Crippen molar-refractivity contribution < 1.29 is 43.6 Å². The van der Waals surface area contributed by atoms with E-state index in [0.29, 0.717) is 36.4 Å². The number of ketones is 1. The van der Waals surface area contributed by atoms with Gasteiger partial charge in [-0.25, -0.2) is 9.59 Å². The molecule has 0 saturated heterocycles. The second kappa shape index (κ2) is 24.6. The monoisotopic (exact) mass is 741 g/mol. The number of hydrogen-bond donors (Lipinski definition) is 3. The number of carbonyl (C=O) groups excluding carboxylic acids is 4. The fourth-order valence-corrected chi connectivity index (χ4v) is 5.58. The Morgan fingerprint density at radius 2 is 1.43 bits per heavy atom. The van der Waals surface area contributed by atoms with Gasteiger partial charge in [-0.3, -0.25) is 9.59 Å². The Labute approximate surface area is 318 Å². The molecule has 298 valence electrons. The zero-order valence-electron chi connectivity index (χ0n) is 33.7. The van der Waals surface area contributed by atoms with Crippen LogP contribution in [0.4, 0.5) is 0 Å². The van der Waals surface area contributed by atoms with Crippen molar-refractivity contribution in [2.75, 3.05) is 13.2 Å². The smallest absolute Gasteiger partial charge is 0.339 e. The van der Waals surface area contributed by atoms with Crippen molar-refractivity contribution in [3.63, 3.8) is 0 Å². The van der Waals surface area contributed by atoms with E-state index in [1.165, 1.54) is 25.3 Å². The van der Waals surface area contributed by atoms with Gasteiger partial charge in [-0.05, 0) is 91.8 Å². The van der Waals surface area contributed by atoms with Crippen LogP contribution in [0, 0.1) is 17.8 Å². The molecule has 0 bridgehead atoms. The fraction of sp³-hybridized carbons (Fsp3) is 0.674. The second-order valence-corrected chi connectivity index (χ2v) is 15.6. The Hall–Kier alpha value is -3.68. The van der Waals surface area contributed by atoms with Crippen molar-refractivity contribution in [1.82, 2.24) is 5.32 Å². The minimum atomic E-state index is -2.43. The normalized spacial score (nSPS) is 14.0. The quantitative estimate of drug-likeness (QED) is 0.0405. The summed E-state index contributed by atoms with van der Waals surface area (Å²) in [5.41, 5.74) is -3.57. The van der Waals surface area contributed by atoms with Crippen molar-refractivity contribution in [2.45, 2.75) is 168 Å². The maximum Gasteiger partial charge on any atom is 0.339 e. The predicted octanol–water partition coefficient (Wildman–Crippen LogP) is 7.36. The molecule has 53 heavy (non-hydrogen) atoms.